The van der Waals surface area contributed by atoms with Crippen molar-refractivity contribution in [3.63, 3.8) is 0 Å². The lowest BCUT2D eigenvalue weighted by molar-refractivity contribution is 0.208. The zero-order valence-electron chi connectivity index (χ0n) is 15.4. The highest BCUT2D eigenvalue weighted by molar-refractivity contribution is 7.97. The summed E-state index contributed by atoms with van der Waals surface area (Å²) in [4.78, 5) is 15.6. The Morgan fingerprint density at radius 1 is 1.00 bits per heavy atom. The third-order valence-corrected chi connectivity index (χ3v) is 6.21. The fourth-order valence-corrected chi connectivity index (χ4v) is 4.84. The Hall–Kier alpha value is -2.70. The van der Waals surface area contributed by atoms with E-state index in [0.717, 1.165) is 42.7 Å². The van der Waals surface area contributed by atoms with Gasteiger partial charge < -0.3 is 14.6 Å². The van der Waals surface area contributed by atoms with Gasteiger partial charge in [-0.3, -0.25) is 0 Å². The van der Waals surface area contributed by atoms with Crippen molar-refractivity contribution in [3.8, 4) is 0 Å². The van der Waals surface area contributed by atoms with Crippen LogP contribution >= 0.6 is 11.9 Å². The molecule has 0 saturated heterocycles. The second-order valence-corrected chi connectivity index (χ2v) is 8.39. The molecule has 0 radical (unpaired) electrons. The van der Waals surface area contributed by atoms with Gasteiger partial charge in [-0.1, -0.05) is 30.3 Å². The maximum atomic E-state index is 12.5. The summed E-state index contributed by atoms with van der Waals surface area (Å²) in [7, 11) is 0. The van der Waals surface area contributed by atoms with Crippen LogP contribution in [0.15, 0.2) is 81.3 Å². The first-order chi connectivity index (χ1) is 13.7. The van der Waals surface area contributed by atoms with E-state index in [1.54, 1.807) is 18.2 Å². The molecular formula is C22H21N3O2S. The van der Waals surface area contributed by atoms with Gasteiger partial charge in [-0.2, -0.15) is 0 Å². The van der Waals surface area contributed by atoms with E-state index < -0.39 is 0 Å². The van der Waals surface area contributed by atoms with Gasteiger partial charge in [0.05, 0.1) is 6.26 Å². The van der Waals surface area contributed by atoms with Gasteiger partial charge in [0.1, 0.15) is 5.58 Å². The smallest absolute Gasteiger partial charge is 0.318 e. The van der Waals surface area contributed by atoms with Gasteiger partial charge in [-0.25, -0.2) is 9.10 Å². The zero-order valence-corrected chi connectivity index (χ0v) is 16.2. The highest BCUT2D eigenvalue weighted by Crippen LogP contribution is 2.34. The van der Waals surface area contributed by atoms with Crippen molar-refractivity contribution in [1.29, 1.82) is 0 Å². The number of carbonyl (C=O) groups is 1. The number of hydrogen-bond acceptors (Lipinski definition) is 4. The summed E-state index contributed by atoms with van der Waals surface area (Å²) >= 11 is 1.77. The predicted molar refractivity (Wildman–Crippen MR) is 111 cm³/mol. The first-order valence-corrected chi connectivity index (χ1v) is 10.2. The molecule has 3 aromatic rings. The molecule has 5 nitrogen and oxygen atoms in total. The maximum Gasteiger partial charge on any atom is 0.318 e. The quantitative estimate of drug-likeness (QED) is 0.533. The standard InChI is InChI=1S/C22H21N3O2S/c26-22(23-11-16-4-2-1-3-5-16)24-12-18-14-25(15-19(18)13-24)28-20-6-7-21-17(10-20)8-9-27-21/h1-10H,11-15H2,(H,23,26). The van der Waals surface area contributed by atoms with Crippen molar-refractivity contribution in [2.45, 2.75) is 11.4 Å². The Balaban J connectivity index is 1.13. The Morgan fingerprint density at radius 2 is 1.79 bits per heavy atom. The highest BCUT2D eigenvalue weighted by atomic mass is 32.2. The Labute approximate surface area is 168 Å². The van der Waals surface area contributed by atoms with Gasteiger partial charge >= 0.3 is 6.03 Å². The van der Waals surface area contributed by atoms with Gasteiger partial charge in [0, 0.05) is 43.0 Å². The average molecular weight is 391 g/mol. The molecule has 2 aliphatic rings. The van der Waals surface area contributed by atoms with Crippen LogP contribution in [0.25, 0.3) is 11.0 Å². The normalized spacial score (nSPS) is 16.8. The SMILES string of the molecule is O=C(NCc1ccccc1)N1CC2=C(CN(Sc3ccc4occc4c3)C2)C1. The van der Waals surface area contributed by atoms with Crippen molar-refractivity contribution < 1.29 is 9.21 Å². The molecule has 2 amide bonds. The largest absolute Gasteiger partial charge is 0.464 e. The van der Waals surface area contributed by atoms with Crippen molar-refractivity contribution in [2.24, 2.45) is 0 Å². The second kappa shape index (κ2) is 7.37. The first kappa shape index (κ1) is 17.4. The Morgan fingerprint density at radius 3 is 2.57 bits per heavy atom. The summed E-state index contributed by atoms with van der Waals surface area (Å²) in [5, 5.41) is 4.16. The van der Waals surface area contributed by atoms with Gasteiger partial charge in [0.2, 0.25) is 0 Å². The number of benzene rings is 2. The van der Waals surface area contributed by atoms with E-state index in [1.807, 2.05) is 47.4 Å². The fraction of sp³-hybridized carbons (Fsp3) is 0.227. The number of fused-ring (bicyclic) bond motifs is 1. The van der Waals surface area contributed by atoms with Crippen LogP contribution in [0.3, 0.4) is 0 Å². The molecule has 1 N–H and O–H groups in total. The molecule has 1 aromatic heterocycles. The number of nitrogens with one attached hydrogen (secondary N) is 1. The summed E-state index contributed by atoms with van der Waals surface area (Å²) in [5.74, 6) is 0. The summed E-state index contributed by atoms with van der Waals surface area (Å²) in [6, 6.07) is 18.3. The monoisotopic (exact) mass is 391 g/mol. The van der Waals surface area contributed by atoms with E-state index in [4.69, 9.17) is 4.42 Å². The minimum atomic E-state index is 0.0165. The van der Waals surface area contributed by atoms with Gasteiger partial charge in [0.25, 0.3) is 0 Å². The summed E-state index contributed by atoms with van der Waals surface area (Å²) < 4.78 is 7.78. The van der Waals surface area contributed by atoms with E-state index in [-0.39, 0.29) is 6.03 Å². The molecule has 3 heterocycles. The van der Waals surface area contributed by atoms with Crippen LogP contribution in [0.1, 0.15) is 5.56 Å². The zero-order chi connectivity index (χ0) is 18.9. The van der Waals surface area contributed by atoms with E-state index in [2.05, 4.69) is 21.8 Å². The number of urea groups is 1. The number of amides is 2. The summed E-state index contributed by atoms with van der Waals surface area (Å²) in [5.41, 5.74) is 4.80. The lowest BCUT2D eigenvalue weighted by atomic mass is 10.2. The first-order valence-electron chi connectivity index (χ1n) is 9.41. The number of furan rings is 1. The molecule has 0 atom stereocenters. The Kier molecular flexibility index (Phi) is 4.58. The minimum Gasteiger partial charge on any atom is -0.464 e. The molecule has 6 heteroatoms. The van der Waals surface area contributed by atoms with Gasteiger partial charge in [0.15, 0.2) is 0 Å². The topological polar surface area (TPSA) is 48.7 Å². The molecule has 2 aliphatic heterocycles. The predicted octanol–water partition coefficient (Wildman–Crippen LogP) is 4.28. The van der Waals surface area contributed by atoms with Gasteiger partial charge in [-0.15, -0.1) is 0 Å². The van der Waals surface area contributed by atoms with Crippen molar-refractivity contribution in [3.05, 3.63) is 77.6 Å². The third-order valence-electron chi connectivity index (χ3n) is 5.23. The molecule has 142 valence electrons. The minimum absolute atomic E-state index is 0.0165. The molecule has 5 rings (SSSR count). The molecular weight excluding hydrogens is 370 g/mol. The maximum absolute atomic E-state index is 12.5. The lowest BCUT2D eigenvalue weighted by Crippen LogP contribution is -2.40. The van der Waals surface area contributed by atoms with Crippen molar-refractivity contribution >= 4 is 28.9 Å². The van der Waals surface area contributed by atoms with Crippen LogP contribution in [-0.4, -0.2) is 41.4 Å². The number of nitrogens with zero attached hydrogens (tertiary/aromatic N) is 2. The van der Waals surface area contributed by atoms with Crippen LogP contribution in [0.5, 0.6) is 0 Å². The van der Waals surface area contributed by atoms with Crippen molar-refractivity contribution in [2.75, 3.05) is 26.2 Å². The summed E-state index contributed by atoms with van der Waals surface area (Å²) in [6.45, 7) is 3.85. The molecule has 0 bridgehead atoms. The van der Waals surface area contributed by atoms with Crippen LogP contribution < -0.4 is 5.32 Å². The van der Waals surface area contributed by atoms with Crippen LogP contribution in [-0.2, 0) is 6.54 Å². The van der Waals surface area contributed by atoms with Crippen LogP contribution in [0.2, 0.25) is 0 Å². The van der Waals surface area contributed by atoms with E-state index >= 15 is 0 Å². The lowest BCUT2D eigenvalue weighted by Gasteiger charge is -2.22. The molecule has 28 heavy (non-hydrogen) atoms. The number of carbonyl (C=O) groups excluding carboxylic acids is 1. The van der Waals surface area contributed by atoms with Gasteiger partial charge in [-0.05, 0) is 52.9 Å². The third kappa shape index (κ3) is 3.53. The molecule has 0 aliphatic carbocycles. The summed E-state index contributed by atoms with van der Waals surface area (Å²) in [6.07, 6.45) is 1.72. The van der Waals surface area contributed by atoms with Crippen LogP contribution in [0, 0.1) is 0 Å². The molecule has 2 aromatic carbocycles. The highest BCUT2D eigenvalue weighted by Gasteiger charge is 2.32. The molecule has 0 fully saturated rings. The molecule has 0 spiro atoms. The van der Waals surface area contributed by atoms with E-state index in [0.29, 0.717) is 6.54 Å². The number of hydrogen-bond donors (Lipinski definition) is 1. The molecule has 0 unspecified atom stereocenters. The van der Waals surface area contributed by atoms with Crippen LogP contribution in [0.4, 0.5) is 4.79 Å². The average Bonchev–Trinajstić information content (AvgIpc) is 3.41. The Bertz CT molecular complexity index is 1030. The molecule has 0 saturated carbocycles. The van der Waals surface area contributed by atoms with E-state index in [1.165, 1.54) is 16.0 Å². The number of rotatable bonds is 4. The van der Waals surface area contributed by atoms with E-state index in [9.17, 15) is 4.79 Å². The second-order valence-electron chi connectivity index (χ2n) is 7.22. The fourth-order valence-electron chi connectivity index (χ4n) is 3.79. The van der Waals surface area contributed by atoms with Crippen molar-refractivity contribution in [1.82, 2.24) is 14.5 Å².